The summed E-state index contributed by atoms with van der Waals surface area (Å²) in [5.74, 6) is -0.118. The number of ether oxygens (including phenoxy) is 1. The van der Waals surface area contributed by atoms with Gasteiger partial charge in [-0.1, -0.05) is 11.8 Å². The number of carbonyl (C=O) groups is 1. The Kier molecular flexibility index (Phi) is 6.85. The van der Waals surface area contributed by atoms with Gasteiger partial charge in [-0.2, -0.15) is 5.26 Å². The van der Waals surface area contributed by atoms with Crippen molar-refractivity contribution >= 4 is 22.7 Å². The summed E-state index contributed by atoms with van der Waals surface area (Å²) >= 11 is 1.53. The number of amidine groups is 1. The third kappa shape index (κ3) is 5.43. The minimum absolute atomic E-state index is 0.118. The number of aliphatic imine (C=N–C) groups is 1. The maximum absolute atomic E-state index is 12.6. The molecule has 0 amide bonds. The molecule has 0 spiro atoms. The van der Waals surface area contributed by atoms with E-state index in [2.05, 4.69) is 15.0 Å². The number of nitrogens with two attached hydrogens (primary N) is 1. The summed E-state index contributed by atoms with van der Waals surface area (Å²) in [7, 11) is 0. The molecule has 2 atom stereocenters. The number of aromatic nitrogens is 2. The largest absolute Gasteiger partial charge is 0.379 e. The Bertz CT molecular complexity index is 984. The number of hydrogen-bond acceptors (Lipinski definition) is 8. The number of rotatable bonds is 7. The molecule has 8 heteroatoms. The first-order chi connectivity index (χ1) is 14.3. The third-order valence-electron chi connectivity index (χ3n) is 4.80. The van der Waals surface area contributed by atoms with Crippen molar-refractivity contribution in [2.75, 3.05) is 6.61 Å². The highest BCUT2D eigenvalue weighted by Gasteiger charge is 2.36. The van der Waals surface area contributed by atoms with Gasteiger partial charge in [0.05, 0.1) is 24.0 Å². The zero-order valence-corrected chi connectivity index (χ0v) is 18.1. The molecule has 3 rings (SSSR count). The van der Waals surface area contributed by atoms with Crippen LogP contribution < -0.4 is 5.73 Å². The van der Waals surface area contributed by atoms with Crippen molar-refractivity contribution in [3.63, 3.8) is 0 Å². The van der Waals surface area contributed by atoms with E-state index >= 15 is 0 Å². The van der Waals surface area contributed by atoms with Crippen LogP contribution in [-0.2, 0) is 16.7 Å². The second-order valence-electron chi connectivity index (χ2n) is 7.74. The lowest BCUT2D eigenvalue weighted by Gasteiger charge is -2.34. The van der Waals surface area contributed by atoms with Crippen LogP contribution in [0, 0.1) is 11.3 Å². The smallest absolute Gasteiger partial charge is 0.185 e. The number of pyridine rings is 2. The summed E-state index contributed by atoms with van der Waals surface area (Å²) in [6, 6.07) is 8.90. The Balaban J connectivity index is 1.77. The van der Waals surface area contributed by atoms with E-state index in [0.29, 0.717) is 23.0 Å². The van der Waals surface area contributed by atoms with Gasteiger partial charge in [0.15, 0.2) is 11.0 Å². The lowest BCUT2D eigenvalue weighted by atomic mass is 9.90. The van der Waals surface area contributed by atoms with Gasteiger partial charge in [-0.25, -0.2) is 4.99 Å². The van der Waals surface area contributed by atoms with Crippen LogP contribution >= 0.6 is 11.8 Å². The van der Waals surface area contributed by atoms with E-state index in [-0.39, 0.29) is 23.6 Å². The molecule has 2 N–H and O–H groups in total. The molecule has 0 bridgehead atoms. The topological polar surface area (TPSA) is 114 Å². The van der Waals surface area contributed by atoms with Crippen molar-refractivity contribution in [3.05, 3.63) is 59.2 Å². The van der Waals surface area contributed by atoms with Crippen LogP contribution in [0.5, 0.6) is 0 Å². The van der Waals surface area contributed by atoms with E-state index in [1.165, 1.54) is 18.0 Å². The fourth-order valence-electron chi connectivity index (χ4n) is 3.31. The van der Waals surface area contributed by atoms with Crippen molar-refractivity contribution in [2.24, 2.45) is 10.7 Å². The van der Waals surface area contributed by atoms with Crippen molar-refractivity contribution in [2.45, 2.75) is 50.5 Å². The van der Waals surface area contributed by atoms with Gasteiger partial charge >= 0.3 is 0 Å². The molecule has 1 aliphatic rings. The SMILES string of the molecule is CC(C)OC[C@@H]1C[C@@](C)(c2cc(CC(=O)c3ccc(C#N)cn3)ccn2)N=C(N)S1. The average molecular weight is 424 g/mol. The Morgan fingerprint density at radius 2 is 2.20 bits per heavy atom. The summed E-state index contributed by atoms with van der Waals surface area (Å²) in [6.07, 6.45) is 4.19. The van der Waals surface area contributed by atoms with E-state index in [1.807, 2.05) is 39.0 Å². The van der Waals surface area contributed by atoms with Gasteiger partial charge in [0.1, 0.15) is 17.3 Å². The first kappa shape index (κ1) is 21.9. The van der Waals surface area contributed by atoms with Gasteiger partial charge in [-0.3, -0.25) is 14.8 Å². The molecule has 2 aromatic rings. The fraction of sp³-hybridized carbons (Fsp3) is 0.409. The summed E-state index contributed by atoms with van der Waals surface area (Å²) in [5, 5.41) is 9.57. The first-order valence-electron chi connectivity index (χ1n) is 9.77. The zero-order chi connectivity index (χ0) is 21.7. The molecule has 0 unspecified atom stereocenters. The molecule has 0 fully saturated rings. The van der Waals surface area contributed by atoms with Gasteiger partial charge in [0.25, 0.3) is 0 Å². The highest BCUT2D eigenvalue weighted by atomic mass is 32.2. The maximum Gasteiger partial charge on any atom is 0.185 e. The maximum atomic E-state index is 12.6. The van der Waals surface area contributed by atoms with Crippen LogP contribution in [-0.4, -0.2) is 38.9 Å². The number of ketones is 1. The van der Waals surface area contributed by atoms with Crippen molar-refractivity contribution in [1.29, 1.82) is 5.26 Å². The molecule has 0 aromatic carbocycles. The molecule has 1 aliphatic heterocycles. The van der Waals surface area contributed by atoms with E-state index in [4.69, 9.17) is 15.7 Å². The van der Waals surface area contributed by atoms with Gasteiger partial charge in [0.2, 0.25) is 0 Å². The van der Waals surface area contributed by atoms with Crippen molar-refractivity contribution < 1.29 is 9.53 Å². The number of thioether (sulfide) groups is 1. The Hall–Kier alpha value is -2.76. The molecule has 7 nitrogen and oxygen atoms in total. The third-order valence-corrected chi connectivity index (χ3v) is 5.77. The minimum Gasteiger partial charge on any atom is -0.379 e. The Morgan fingerprint density at radius 1 is 1.40 bits per heavy atom. The normalized spacial score (nSPS) is 21.2. The molecule has 3 heterocycles. The van der Waals surface area contributed by atoms with Crippen LogP contribution in [0.2, 0.25) is 0 Å². The van der Waals surface area contributed by atoms with Crippen molar-refractivity contribution in [1.82, 2.24) is 9.97 Å². The summed E-state index contributed by atoms with van der Waals surface area (Å²) in [6.45, 7) is 6.62. The molecule has 30 heavy (non-hydrogen) atoms. The molecular formula is C22H25N5O2S. The van der Waals surface area contributed by atoms with Gasteiger partial charge in [0, 0.05) is 24.1 Å². The summed E-state index contributed by atoms with van der Waals surface area (Å²) in [5.41, 5.74) is 7.90. The lowest BCUT2D eigenvalue weighted by molar-refractivity contribution is 0.0757. The number of hydrogen-bond donors (Lipinski definition) is 1. The van der Waals surface area contributed by atoms with E-state index < -0.39 is 5.54 Å². The van der Waals surface area contributed by atoms with Crippen LogP contribution in [0.25, 0.3) is 0 Å². The predicted molar refractivity (Wildman–Crippen MR) is 117 cm³/mol. The van der Waals surface area contributed by atoms with Crippen LogP contribution in [0.3, 0.4) is 0 Å². The standard InChI is InChI=1S/C22H25N5O2S/c1-14(2)29-13-17-10-22(3,27-21(24)30-17)20-9-15(6-7-25-20)8-19(28)18-5-4-16(11-23)12-26-18/h4-7,9,12,14,17H,8,10,13H2,1-3H3,(H2,24,27)/t17-,22-/m0/s1. The van der Waals surface area contributed by atoms with Crippen LogP contribution in [0.4, 0.5) is 0 Å². The highest BCUT2D eigenvalue weighted by molar-refractivity contribution is 8.14. The number of carbonyl (C=O) groups excluding carboxylic acids is 1. The van der Waals surface area contributed by atoms with Gasteiger partial charge in [-0.15, -0.1) is 0 Å². The molecule has 0 saturated heterocycles. The summed E-state index contributed by atoms with van der Waals surface area (Å²) < 4.78 is 5.78. The Morgan fingerprint density at radius 3 is 2.87 bits per heavy atom. The monoisotopic (exact) mass is 423 g/mol. The highest BCUT2D eigenvalue weighted by Crippen LogP contribution is 2.38. The fourth-order valence-corrected chi connectivity index (χ4v) is 4.46. The minimum atomic E-state index is -0.577. The van der Waals surface area contributed by atoms with E-state index in [1.54, 1.807) is 18.3 Å². The van der Waals surface area contributed by atoms with E-state index in [0.717, 1.165) is 17.7 Å². The van der Waals surface area contributed by atoms with Gasteiger partial charge in [-0.05, 0) is 57.0 Å². The quantitative estimate of drug-likeness (QED) is 0.680. The molecule has 0 saturated carbocycles. The van der Waals surface area contributed by atoms with Crippen molar-refractivity contribution in [3.8, 4) is 6.07 Å². The predicted octanol–water partition coefficient (Wildman–Crippen LogP) is 3.23. The number of nitrogens with zero attached hydrogens (tertiary/aromatic N) is 4. The van der Waals surface area contributed by atoms with Crippen LogP contribution in [0.1, 0.15) is 54.5 Å². The number of nitriles is 1. The Labute approximate surface area is 180 Å². The van der Waals surface area contributed by atoms with Crippen LogP contribution in [0.15, 0.2) is 41.7 Å². The molecule has 0 radical (unpaired) electrons. The number of Topliss-reactive ketones (excluding diaryl/α,β-unsaturated/α-hetero) is 1. The van der Waals surface area contributed by atoms with Gasteiger partial charge < -0.3 is 10.5 Å². The molecular weight excluding hydrogens is 398 g/mol. The molecule has 0 aliphatic carbocycles. The lowest BCUT2D eigenvalue weighted by Crippen LogP contribution is -2.36. The van der Waals surface area contributed by atoms with E-state index in [9.17, 15) is 4.79 Å². The molecule has 156 valence electrons. The second-order valence-corrected chi connectivity index (χ2v) is 9.06. The summed E-state index contributed by atoms with van der Waals surface area (Å²) in [4.78, 5) is 25.9. The average Bonchev–Trinajstić information content (AvgIpc) is 2.72. The molecule has 2 aromatic heterocycles. The first-order valence-corrected chi connectivity index (χ1v) is 10.7. The second kappa shape index (κ2) is 9.37. The zero-order valence-electron chi connectivity index (χ0n) is 17.3.